The highest BCUT2D eigenvalue weighted by Gasteiger charge is 2.22. The normalized spacial score (nSPS) is 12.4. The topological polar surface area (TPSA) is 32.9 Å². The summed E-state index contributed by atoms with van der Waals surface area (Å²) in [6.45, 7) is 2.15. The summed E-state index contributed by atoms with van der Waals surface area (Å²) in [4.78, 5) is 15.3. The Morgan fingerprint density at radius 1 is 1.10 bits per heavy atom. The molecule has 3 aromatic rings. The van der Waals surface area contributed by atoms with Crippen LogP contribution in [0.3, 0.4) is 0 Å². The van der Waals surface area contributed by atoms with E-state index in [9.17, 15) is 4.79 Å². The fraction of sp³-hybridized carbons (Fsp3) is 0.167. The Labute approximate surface area is 117 Å². The third kappa shape index (κ3) is 1.48. The number of aryl methyl sites for hydroxylation is 1. The standard InChI is InChI=1S/C18H15NO/c1-2-11-7-8-12-10-16-13-5-3-4-6-14(13)18(20)19-17(16)15(12)9-11/h3-9H,2,10H2,1H3,(H,19,20). The number of hydrogen-bond acceptors (Lipinski definition) is 1. The van der Waals surface area contributed by atoms with Crippen molar-refractivity contribution in [2.45, 2.75) is 19.8 Å². The van der Waals surface area contributed by atoms with Gasteiger partial charge in [-0.2, -0.15) is 0 Å². The smallest absolute Gasteiger partial charge is 0.256 e. The van der Waals surface area contributed by atoms with Crippen molar-refractivity contribution in [2.24, 2.45) is 0 Å². The number of benzene rings is 2. The molecule has 0 spiro atoms. The Morgan fingerprint density at radius 2 is 1.90 bits per heavy atom. The second-order valence-corrected chi connectivity index (χ2v) is 5.38. The van der Waals surface area contributed by atoms with E-state index in [1.54, 1.807) is 0 Å². The summed E-state index contributed by atoms with van der Waals surface area (Å²) >= 11 is 0. The van der Waals surface area contributed by atoms with Gasteiger partial charge >= 0.3 is 0 Å². The third-order valence-electron chi connectivity index (χ3n) is 4.26. The van der Waals surface area contributed by atoms with Crippen LogP contribution in [-0.4, -0.2) is 4.98 Å². The van der Waals surface area contributed by atoms with Gasteiger partial charge in [-0.25, -0.2) is 0 Å². The molecule has 1 aliphatic carbocycles. The summed E-state index contributed by atoms with van der Waals surface area (Å²) in [5, 5.41) is 1.87. The monoisotopic (exact) mass is 261 g/mol. The van der Waals surface area contributed by atoms with E-state index in [2.05, 4.69) is 36.2 Å². The van der Waals surface area contributed by atoms with Crippen LogP contribution in [0.1, 0.15) is 23.6 Å². The number of H-pyrrole nitrogens is 1. The molecule has 2 heteroatoms. The predicted octanol–water partition coefficient (Wildman–Crippen LogP) is 3.66. The van der Waals surface area contributed by atoms with Crippen molar-refractivity contribution in [3.63, 3.8) is 0 Å². The SMILES string of the molecule is CCc1ccc2c(c1)-c1[nH]c(=O)c3ccccc3c1C2. The lowest BCUT2D eigenvalue weighted by atomic mass is 10.0. The molecule has 0 saturated heterocycles. The van der Waals surface area contributed by atoms with Crippen LogP contribution in [-0.2, 0) is 12.8 Å². The summed E-state index contributed by atoms with van der Waals surface area (Å²) in [7, 11) is 0. The van der Waals surface area contributed by atoms with Gasteiger partial charge in [-0.05, 0) is 40.6 Å². The van der Waals surface area contributed by atoms with E-state index in [4.69, 9.17) is 0 Å². The number of hydrogen-bond donors (Lipinski definition) is 1. The minimum atomic E-state index is 0.00843. The maximum Gasteiger partial charge on any atom is 0.256 e. The summed E-state index contributed by atoms with van der Waals surface area (Å²) in [6, 6.07) is 14.5. The highest BCUT2D eigenvalue weighted by atomic mass is 16.1. The molecule has 0 amide bonds. The van der Waals surface area contributed by atoms with E-state index in [1.807, 2.05) is 18.2 Å². The fourth-order valence-electron chi connectivity index (χ4n) is 3.17. The van der Waals surface area contributed by atoms with E-state index < -0.39 is 0 Å². The van der Waals surface area contributed by atoms with Crippen LogP contribution in [0.2, 0.25) is 0 Å². The lowest BCUT2D eigenvalue weighted by Gasteiger charge is -2.05. The number of aromatic amines is 1. The first kappa shape index (κ1) is 11.5. The third-order valence-corrected chi connectivity index (χ3v) is 4.26. The molecule has 2 aromatic carbocycles. The van der Waals surface area contributed by atoms with Crippen LogP contribution < -0.4 is 5.56 Å². The fourth-order valence-corrected chi connectivity index (χ4v) is 3.17. The second kappa shape index (κ2) is 4.07. The van der Waals surface area contributed by atoms with E-state index >= 15 is 0 Å². The van der Waals surface area contributed by atoms with E-state index in [-0.39, 0.29) is 5.56 Å². The molecule has 0 aliphatic heterocycles. The first-order chi connectivity index (χ1) is 9.78. The van der Waals surface area contributed by atoms with Crippen LogP contribution in [0.15, 0.2) is 47.3 Å². The molecular weight excluding hydrogens is 246 g/mol. The number of pyridine rings is 1. The van der Waals surface area contributed by atoms with Crippen molar-refractivity contribution in [1.82, 2.24) is 4.98 Å². The van der Waals surface area contributed by atoms with E-state index in [0.717, 1.165) is 29.3 Å². The van der Waals surface area contributed by atoms with Crippen molar-refractivity contribution in [1.29, 1.82) is 0 Å². The Bertz CT molecular complexity index is 890. The highest BCUT2D eigenvalue weighted by Crippen LogP contribution is 2.38. The van der Waals surface area contributed by atoms with E-state index in [0.29, 0.717) is 0 Å². The number of fused-ring (bicyclic) bond motifs is 5. The molecule has 0 fully saturated rings. The molecule has 20 heavy (non-hydrogen) atoms. The lowest BCUT2D eigenvalue weighted by molar-refractivity contribution is 1.13. The van der Waals surface area contributed by atoms with Gasteiger partial charge in [0.05, 0.1) is 5.69 Å². The Kier molecular flexibility index (Phi) is 2.34. The van der Waals surface area contributed by atoms with E-state index in [1.165, 1.54) is 22.3 Å². The van der Waals surface area contributed by atoms with Gasteiger partial charge in [0.1, 0.15) is 0 Å². The predicted molar refractivity (Wildman–Crippen MR) is 82.2 cm³/mol. The molecule has 1 aliphatic rings. The number of rotatable bonds is 1. The lowest BCUT2D eigenvalue weighted by Crippen LogP contribution is -2.08. The Hall–Kier alpha value is -2.35. The van der Waals surface area contributed by atoms with Gasteiger partial charge in [0.15, 0.2) is 0 Å². The zero-order chi connectivity index (χ0) is 13.7. The molecule has 98 valence electrons. The van der Waals surface area contributed by atoms with Gasteiger partial charge in [0, 0.05) is 17.4 Å². The largest absolute Gasteiger partial charge is 0.321 e. The van der Waals surface area contributed by atoms with Crippen molar-refractivity contribution >= 4 is 10.8 Å². The average molecular weight is 261 g/mol. The van der Waals surface area contributed by atoms with Gasteiger partial charge in [-0.3, -0.25) is 4.79 Å². The van der Waals surface area contributed by atoms with Crippen LogP contribution in [0.4, 0.5) is 0 Å². The molecule has 0 saturated carbocycles. The second-order valence-electron chi connectivity index (χ2n) is 5.38. The van der Waals surface area contributed by atoms with Crippen LogP contribution in [0.5, 0.6) is 0 Å². The van der Waals surface area contributed by atoms with Crippen molar-refractivity contribution in [2.75, 3.05) is 0 Å². The molecule has 1 aromatic heterocycles. The quantitative estimate of drug-likeness (QED) is 0.557. The maximum atomic E-state index is 12.2. The van der Waals surface area contributed by atoms with Crippen molar-refractivity contribution in [3.05, 3.63) is 69.5 Å². The minimum Gasteiger partial charge on any atom is -0.321 e. The summed E-state index contributed by atoms with van der Waals surface area (Å²) in [5.41, 5.74) is 6.09. The maximum absolute atomic E-state index is 12.2. The zero-order valence-electron chi connectivity index (χ0n) is 11.4. The van der Waals surface area contributed by atoms with Gasteiger partial charge in [0.2, 0.25) is 0 Å². The summed E-state index contributed by atoms with van der Waals surface area (Å²) in [6.07, 6.45) is 1.92. The first-order valence-electron chi connectivity index (χ1n) is 7.04. The summed E-state index contributed by atoms with van der Waals surface area (Å²) in [5.74, 6) is 0. The Morgan fingerprint density at radius 3 is 2.70 bits per heavy atom. The van der Waals surface area contributed by atoms with Crippen LogP contribution in [0.25, 0.3) is 22.0 Å². The zero-order valence-corrected chi connectivity index (χ0v) is 11.4. The molecule has 0 bridgehead atoms. The molecule has 0 atom stereocenters. The molecule has 2 nitrogen and oxygen atoms in total. The number of aromatic nitrogens is 1. The average Bonchev–Trinajstić information content (AvgIpc) is 2.85. The summed E-state index contributed by atoms with van der Waals surface area (Å²) < 4.78 is 0. The molecule has 1 N–H and O–H groups in total. The van der Waals surface area contributed by atoms with Gasteiger partial charge < -0.3 is 4.98 Å². The first-order valence-corrected chi connectivity index (χ1v) is 7.04. The molecular formula is C18H15NO. The van der Waals surface area contributed by atoms with Crippen LogP contribution >= 0.6 is 0 Å². The molecule has 1 heterocycles. The minimum absolute atomic E-state index is 0.00843. The Balaban J connectivity index is 2.08. The van der Waals surface area contributed by atoms with Crippen molar-refractivity contribution in [3.8, 4) is 11.3 Å². The van der Waals surface area contributed by atoms with Gasteiger partial charge in [-0.1, -0.05) is 37.3 Å². The molecule has 0 unspecified atom stereocenters. The van der Waals surface area contributed by atoms with Gasteiger partial charge in [-0.15, -0.1) is 0 Å². The molecule has 4 rings (SSSR count). The van der Waals surface area contributed by atoms with Gasteiger partial charge in [0.25, 0.3) is 5.56 Å². The number of nitrogens with one attached hydrogen (secondary N) is 1. The van der Waals surface area contributed by atoms with Crippen molar-refractivity contribution < 1.29 is 0 Å². The van der Waals surface area contributed by atoms with Crippen LogP contribution in [0, 0.1) is 0 Å². The molecule has 0 radical (unpaired) electrons. The highest BCUT2D eigenvalue weighted by molar-refractivity contribution is 5.92.